The molecule has 0 aliphatic heterocycles. The quantitative estimate of drug-likeness (QED) is 0.858. The van der Waals surface area contributed by atoms with Gasteiger partial charge >= 0.3 is 0 Å². The molecule has 0 aliphatic rings. The number of fused-ring (bicyclic) bond motifs is 1. The summed E-state index contributed by atoms with van der Waals surface area (Å²) in [5.41, 5.74) is 4.04. The van der Waals surface area contributed by atoms with Crippen LogP contribution in [0.1, 0.15) is 23.1 Å². The number of rotatable bonds is 4. The Morgan fingerprint density at radius 2 is 2.15 bits per heavy atom. The molecule has 2 aromatic rings. The van der Waals surface area contributed by atoms with Gasteiger partial charge in [0.05, 0.1) is 25.2 Å². The van der Waals surface area contributed by atoms with E-state index in [2.05, 4.69) is 0 Å². The molecule has 0 fully saturated rings. The molecule has 0 saturated carbocycles. The molecule has 2 rings (SSSR count). The lowest BCUT2D eigenvalue weighted by molar-refractivity contribution is -0.129. The van der Waals surface area contributed by atoms with Gasteiger partial charge in [-0.2, -0.15) is 5.26 Å². The maximum atomic E-state index is 12.1. The summed E-state index contributed by atoms with van der Waals surface area (Å²) >= 11 is 0. The van der Waals surface area contributed by atoms with Crippen molar-refractivity contribution in [1.82, 2.24) is 4.90 Å². The zero-order valence-corrected chi connectivity index (χ0v) is 12.1. The molecule has 0 saturated heterocycles. The van der Waals surface area contributed by atoms with Crippen LogP contribution in [0.4, 0.5) is 0 Å². The number of carbonyl (C=O) groups excluding carboxylic acids is 1. The van der Waals surface area contributed by atoms with E-state index in [1.54, 1.807) is 18.2 Å². The third kappa shape index (κ3) is 2.67. The molecule has 1 amide bonds. The first-order valence-electron chi connectivity index (χ1n) is 6.61. The number of amides is 1. The van der Waals surface area contributed by atoms with Gasteiger partial charge < -0.3 is 9.32 Å². The maximum absolute atomic E-state index is 12.1. The van der Waals surface area contributed by atoms with Crippen LogP contribution >= 0.6 is 0 Å². The van der Waals surface area contributed by atoms with Crippen LogP contribution in [0, 0.1) is 25.2 Å². The summed E-state index contributed by atoms with van der Waals surface area (Å²) in [6.07, 6.45) is 2.32. The maximum Gasteiger partial charge on any atom is 0.226 e. The van der Waals surface area contributed by atoms with Gasteiger partial charge in [-0.15, -0.1) is 0 Å². The number of nitrogens with zero attached hydrogens (tertiary/aromatic N) is 2. The third-order valence-electron chi connectivity index (χ3n) is 3.67. The fourth-order valence-electron chi connectivity index (χ4n) is 2.17. The summed E-state index contributed by atoms with van der Waals surface area (Å²) in [5, 5.41) is 9.54. The van der Waals surface area contributed by atoms with Crippen molar-refractivity contribution in [2.75, 3.05) is 13.6 Å². The van der Waals surface area contributed by atoms with Gasteiger partial charge in [-0.1, -0.05) is 12.1 Å². The number of hydrogen-bond donors (Lipinski definition) is 0. The molecular formula is C16H18N2O2. The van der Waals surface area contributed by atoms with Crippen LogP contribution in [0.15, 0.2) is 22.8 Å². The Hall–Kier alpha value is -2.28. The fraction of sp³-hybridized carbons (Fsp3) is 0.375. The Kier molecular flexibility index (Phi) is 4.09. The standard InChI is InChI=1S/C16H18N2O2/c1-11-5-6-14-13(10-20-16(14)12(11)2)9-15(19)18(3)8-4-7-17/h5-6,10H,4,8-9H2,1-3H3. The number of likely N-dealkylation sites (N-methyl/N-ethyl adjacent to an activating group) is 1. The van der Waals surface area contributed by atoms with Crippen LogP contribution in [-0.4, -0.2) is 24.4 Å². The van der Waals surface area contributed by atoms with Gasteiger partial charge in [0.25, 0.3) is 0 Å². The van der Waals surface area contributed by atoms with Gasteiger partial charge in [0.2, 0.25) is 5.91 Å². The van der Waals surface area contributed by atoms with Crippen molar-refractivity contribution in [3.63, 3.8) is 0 Å². The number of benzene rings is 1. The Morgan fingerprint density at radius 3 is 2.85 bits per heavy atom. The van der Waals surface area contributed by atoms with Gasteiger partial charge in [-0.05, 0) is 25.0 Å². The van der Waals surface area contributed by atoms with Crippen molar-refractivity contribution in [2.45, 2.75) is 26.7 Å². The summed E-state index contributed by atoms with van der Waals surface area (Å²) < 4.78 is 5.60. The smallest absolute Gasteiger partial charge is 0.226 e. The van der Waals surface area contributed by atoms with Crippen molar-refractivity contribution in [1.29, 1.82) is 5.26 Å². The summed E-state index contributed by atoms with van der Waals surface area (Å²) in [7, 11) is 1.72. The molecule has 0 unspecified atom stereocenters. The van der Waals surface area contributed by atoms with Crippen LogP contribution in [0.2, 0.25) is 0 Å². The van der Waals surface area contributed by atoms with E-state index < -0.39 is 0 Å². The highest BCUT2D eigenvalue weighted by Gasteiger charge is 2.15. The van der Waals surface area contributed by atoms with E-state index in [4.69, 9.17) is 9.68 Å². The highest BCUT2D eigenvalue weighted by molar-refractivity contribution is 5.89. The fourth-order valence-corrected chi connectivity index (χ4v) is 2.17. The minimum atomic E-state index is 0.00109. The van der Waals surface area contributed by atoms with Crippen LogP contribution in [0.3, 0.4) is 0 Å². The average Bonchev–Trinajstić information content (AvgIpc) is 2.84. The lowest BCUT2D eigenvalue weighted by Gasteiger charge is -2.14. The molecule has 0 spiro atoms. The number of nitriles is 1. The van der Waals surface area contributed by atoms with E-state index in [-0.39, 0.29) is 5.91 Å². The van der Waals surface area contributed by atoms with Crippen LogP contribution in [-0.2, 0) is 11.2 Å². The van der Waals surface area contributed by atoms with Crippen molar-refractivity contribution < 1.29 is 9.21 Å². The molecule has 0 atom stereocenters. The summed E-state index contributed by atoms with van der Waals surface area (Å²) in [6, 6.07) is 6.08. The number of aryl methyl sites for hydroxylation is 2. The highest BCUT2D eigenvalue weighted by atomic mass is 16.3. The van der Waals surface area contributed by atoms with Gasteiger partial charge in [0.15, 0.2) is 0 Å². The summed E-state index contributed by atoms with van der Waals surface area (Å²) in [4.78, 5) is 13.7. The second-order valence-electron chi connectivity index (χ2n) is 5.05. The van der Waals surface area contributed by atoms with Crippen LogP contribution in [0.25, 0.3) is 11.0 Å². The Labute approximate surface area is 118 Å². The van der Waals surface area contributed by atoms with E-state index in [1.165, 1.54) is 5.56 Å². The zero-order valence-electron chi connectivity index (χ0n) is 12.1. The predicted octanol–water partition coefficient (Wildman–Crippen LogP) is 2.96. The normalized spacial score (nSPS) is 10.5. The van der Waals surface area contributed by atoms with E-state index >= 15 is 0 Å². The molecule has 0 N–H and O–H groups in total. The monoisotopic (exact) mass is 270 g/mol. The number of carbonyl (C=O) groups is 1. The third-order valence-corrected chi connectivity index (χ3v) is 3.67. The largest absolute Gasteiger partial charge is 0.464 e. The minimum absolute atomic E-state index is 0.00109. The first kappa shape index (κ1) is 14.1. The second kappa shape index (κ2) is 5.79. The molecule has 20 heavy (non-hydrogen) atoms. The SMILES string of the molecule is Cc1ccc2c(CC(=O)N(C)CCC#N)coc2c1C. The van der Waals surface area contributed by atoms with E-state index in [9.17, 15) is 4.79 Å². The lowest BCUT2D eigenvalue weighted by atomic mass is 10.0. The molecular weight excluding hydrogens is 252 g/mol. The first-order valence-corrected chi connectivity index (χ1v) is 6.61. The molecule has 4 heteroatoms. The van der Waals surface area contributed by atoms with Gasteiger partial charge in [0.1, 0.15) is 5.58 Å². The topological polar surface area (TPSA) is 57.2 Å². The molecule has 1 aromatic heterocycles. The molecule has 0 bridgehead atoms. The summed E-state index contributed by atoms with van der Waals surface area (Å²) in [5.74, 6) is 0.00109. The first-order chi connectivity index (χ1) is 9.54. The summed E-state index contributed by atoms with van der Waals surface area (Å²) in [6.45, 7) is 4.52. The second-order valence-corrected chi connectivity index (χ2v) is 5.05. The lowest BCUT2D eigenvalue weighted by Crippen LogP contribution is -2.28. The Bertz CT molecular complexity index is 680. The van der Waals surface area contributed by atoms with E-state index in [0.717, 1.165) is 22.1 Å². The zero-order chi connectivity index (χ0) is 14.7. The van der Waals surface area contributed by atoms with Gasteiger partial charge in [-0.3, -0.25) is 4.79 Å². The van der Waals surface area contributed by atoms with Crippen molar-refractivity contribution in [2.24, 2.45) is 0 Å². The highest BCUT2D eigenvalue weighted by Crippen LogP contribution is 2.26. The molecule has 104 valence electrons. The molecule has 0 radical (unpaired) electrons. The molecule has 4 nitrogen and oxygen atoms in total. The number of furan rings is 1. The molecule has 0 aliphatic carbocycles. The van der Waals surface area contributed by atoms with Crippen LogP contribution < -0.4 is 0 Å². The minimum Gasteiger partial charge on any atom is -0.464 e. The predicted molar refractivity (Wildman–Crippen MR) is 77.3 cm³/mol. The molecule has 1 aromatic carbocycles. The van der Waals surface area contributed by atoms with Crippen LogP contribution in [0.5, 0.6) is 0 Å². The van der Waals surface area contributed by atoms with Crippen molar-refractivity contribution >= 4 is 16.9 Å². The van der Waals surface area contributed by atoms with Crippen molar-refractivity contribution in [3.05, 3.63) is 35.1 Å². The van der Waals surface area contributed by atoms with E-state index in [0.29, 0.717) is 19.4 Å². The van der Waals surface area contributed by atoms with E-state index in [1.807, 2.05) is 32.0 Å². The Morgan fingerprint density at radius 1 is 1.40 bits per heavy atom. The van der Waals surface area contributed by atoms with Gasteiger partial charge in [-0.25, -0.2) is 0 Å². The number of hydrogen-bond acceptors (Lipinski definition) is 3. The van der Waals surface area contributed by atoms with Gasteiger partial charge in [0, 0.05) is 24.5 Å². The Balaban J connectivity index is 2.21. The van der Waals surface area contributed by atoms with Crippen molar-refractivity contribution in [3.8, 4) is 6.07 Å². The average molecular weight is 270 g/mol. The molecule has 1 heterocycles.